The summed E-state index contributed by atoms with van der Waals surface area (Å²) in [5, 5.41) is 6.97. The van der Waals surface area contributed by atoms with Crippen LogP contribution < -0.4 is 5.32 Å². The fourth-order valence-electron chi connectivity index (χ4n) is 2.62. The zero-order valence-electron chi connectivity index (χ0n) is 15.0. The second-order valence-corrected chi connectivity index (χ2v) is 6.24. The fourth-order valence-corrected chi connectivity index (χ4v) is 2.62. The van der Waals surface area contributed by atoms with E-state index in [1.807, 2.05) is 30.3 Å². The van der Waals surface area contributed by atoms with Gasteiger partial charge in [0.05, 0.1) is 23.5 Å². The van der Waals surface area contributed by atoms with Gasteiger partial charge in [0, 0.05) is 17.8 Å². The lowest BCUT2D eigenvalue weighted by molar-refractivity contribution is -0.137. The van der Waals surface area contributed by atoms with Crippen LogP contribution in [0.2, 0.25) is 0 Å². The van der Waals surface area contributed by atoms with Crippen LogP contribution in [0.4, 0.5) is 13.2 Å². The Morgan fingerprint density at radius 1 is 1.11 bits per heavy atom. The third-order valence-electron chi connectivity index (χ3n) is 4.15. The van der Waals surface area contributed by atoms with Crippen molar-refractivity contribution in [3.05, 3.63) is 89.8 Å². The average Bonchev–Trinajstić information content (AvgIpc) is 3.15. The van der Waals surface area contributed by atoms with Crippen molar-refractivity contribution in [3.63, 3.8) is 0 Å². The summed E-state index contributed by atoms with van der Waals surface area (Å²) in [6, 6.07) is 13.9. The van der Waals surface area contributed by atoms with Gasteiger partial charge in [-0.05, 0) is 42.8 Å². The number of carbonyl (C=O) groups is 1. The lowest BCUT2D eigenvalue weighted by Gasteiger charge is -2.14. The molecule has 0 saturated carbocycles. The molecule has 3 rings (SSSR count). The van der Waals surface area contributed by atoms with Gasteiger partial charge in [0.25, 0.3) is 0 Å². The van der Waals surface area contributed by atoms with E-state index in [-0.39, 0.29) is 5.91 Å². The van der Waals surface area contributed by atoms with Crippen LogP contribution >= 0.6 is 0 Å². The van der Waals surface area contributed by atoms with Crippen molar-refractivity contribution in [1.82, 2.24) is 15.1 Å². The van der Waals surface area contributed by atoms with Crippen LogP contribution in [0.15, 0.2) is 73.1 Å². The van der Waals surface area contributed by atoms with Crippen molar-refractivity contribution in [1.29, 1.82) is 0 Å². The third-order valence-corrected chi connectivity index (χ3v) is 4.15. The molecule has 2 aromatic carbocycles. The van der Waals surface area contributed by atoms with Crippen LogP contribution in [0.1, 0.15) is 29.7 Å². The molecule has 7 heteroatoms. The molecule has 0 saturated heterocycles. The topological polar surface area (TPSA) is 46.9 Å². The van der Waals surface area contributed by atoms with Crippen LogP contribution in [0, 0.1) is 0 Å². The van der Waals surface area contributed by atoms with Gasteiger partial charge >= 0.3 is 6.18 Å². The second kappa shape index (κ2) is 8.12. The summed E-state index contributed by atoms with van der Waals surface area (Å²) in [5.74, 6) is -0.347. The lowest BCUT2D eigenvalue weighted by atomic mass is 10.1. The highest BCUT2D eigenvalue weighted by molar-refractivity contribution is 5.91. The van der Waals surface area contributed by atoms with Crippen LogP contribution in [-0.2, 0) is 11.0 Å². The molecule has 1 aromatic heterocycles. The molecular weight excluding hydrogens is 367 g/mol. The predicted molar refractivity (Wildman–Crippen MR) is 101 cm³/mol. The molecule has 0 unspecified atom stereocenters. The van der Waals surface area contributed by atoms with E-state index < -0.39 is 17.8 Å². The first-order valence-corrected chi connectivity index (χ1v) is 8.59. The van der Waals surface area contributed by atoms with E-state index in [4.69, 9.17) is 0 Å². The number of benzene rings is 2. The number of nitrogens with zero attached hydrogens (tertiary/aromatic N) is 2. The smallest absolute Gasteiger partial charge is 0.346 e. The van der Waals surface area contributed by atoms with Gasteiger partial charge in [-0.2, -0.15) is 18.3 Å². The Morgan fingerprint density at radius 2 is 1.79 bits per heavy atom. The molecule has 1 atom stereocenters. The summed E-state index contributed by atoms with van der Waals surface area (Å²) in [6.07, 6.45) is 2.04. The molecule has 1 N–H and O–H groups in total. The first-order valence-electron chi connectivity index (χ1n) is 8.59. The lowest BCUT2D eigenvalue weighted by Crippen LogP contribution is -2.24. The molecule has 0 aliphatic carbocycles. The minimum atomic E-state index is -4.38. The zero-order chi connectivity index (χ0) is 20.1. The molecule has 3 aromatic rings. The van der Waals surface area contributed by atoms with Gasteiger partial charge in [0.15, 0.2) is 0 Å². The van der Waals surface area contributed by atoms with Gasteiger partial charge in [0.2, 0.25) is 5.91 Å². The number of alkyl halides is 3. The number of amides is 1. The number of para-hydroxylation sites is 1. The molecule has 0 radical (unpaired) electrons. The number of hydrogen-bond donors (Lipinski definition) is 1. The zero-order valence-corrected chi connectivity index (χ0v) is 15.0. The SMILES string of the molecule is C[C@@H](NC(=O)/C=C\c1cnn(-c2ccccc2)c1)c1ccc(C(F)(F)F)cc1. The van der Waals surface area contributed by atoms with Crippen molar-refractivity contribution in [3.8, 4) is 5.69 Å². The molecule has 0 fully saturated rings. The maximum atomic E-state index is 12.6. The molecule has 0 bridgehead atoms. The summed E-state index contributed by atoms with van der Waals surface area (Å²) in [5.41, 5.74) is 1.53. The van der Waals surface area contributed by atoms with Gasteiger partial charge in [-0.15, -0.1) is 0 Å². The highest BCUT2D eigenvalue weighted by atomic mass is 19.4. The van der Waals surface area contributed by atoms with E-state index >= 15 is 0 Å². The van der Waals surface area contributed by atoms with Gasteiger partial charge in [-0.3, -0.25) is 4.79 Å². The highest BCUT2D eigenvalue weighted by Crippen LogP contribution is 2.29. The quantitative estimate of drug-likeness (QED) is 0.643. The van der Waals surface area contributed by atoms with E-state index in [2.05, 4.69) is 10.4 Å². The van der Waals surface area contributed by atoms with Crippen LogP contribution in [-0.4, -0.2) is 15.7 Å². The van der Waals surface area contributed by atoms with Gasteiger partial charge in [0.1, 0.15) is 0 Å². The van der Waals surface area contributed by atoms with Crippen molar-refractivity contribution < 1.29 is 18.0 Å². The summed E-state index contributed by atoms with van der Waals surface area (Å²) in [4.78, 5) is 12.1. The largest absolute Gasteiger partial charge is 0.416 e. The number of aromatic nitrogens is 2. The monoisotopic (exact) mass is 385 g/mol. The van der Waals surface area contributed by atoms with E-state index in [0.29, 0.717) is 5.56 Å². The maximum absolute atomic E-state index is 12.6. The van der Waals surface area contributed by atoms with Crippen LogP contribution in [0.5, 0.6) is 0 Å². The number of rotatable bonds is 5. The Bertz CT molecular complexity index is 961. The average molecular weight is 385 g/mol. The Kier molecular flexibility index (Phi) is 5.63. The fraction of sp³-hybridized carbons (Fsp3) is 0.143. The molecule has 0 aliphatic rings. The molecule has 28 heavy (non-hydrogen) atoms. The van der Waals surface area contributed by atoms with Crippen molar-refractivity contribution in [2.75, 3.05) is 0 Å². The predicted octanol–water partition coefficient (Wildman–Crippen LogP) is 4.78. The number of carbonyl (C=O) groups excluding carboxylic acids is 1. The first kappa shape index (κ1) is 19.4. The number of halogens is 3. The van der Waals surface area contributed by atoms with E-state index in [9.17, 15) is 18.0 Å². The molecule has 4 nitrogen and oxygen atoms in total. The Morgan fingerprint density at radius 3 is 2.43 bits per heavy atom. The van der Waals surface area contributed by atoms with Gasteiger partial charge < -0.3 is 5.32 Å². The summed E-state index contributed by atoms with van der Waals surface area (Å²) >= 11 is 0. The molecule has 1 amide bonds. The van der Waals surface area contributed by atoms with Gasteiger partial charge in [-0.1, -0.05) is 30.3 Å². The normalized spacial score (nSPS) is 12.9. The molecule has 0 spiro atoms. The summed E-state index contributed by atoms with van der Waals surface area (Å²) in [7, 11) is 0. The third kappa shape index (κ3) is 4.88. The van der Waals surface area contributed by atoms with E-state index in [0.717, 1.165) is 23.4 Å². The first-order chi connectivity index (χ1) is 13.3. The minimum absolute atomic E-state index is 0.347. The Hall–Kier alpha value is -3.35. The molecule has 144 valence electrons. The maximum Gasteiger partial charge on any atom is 0.416 e. The standard InChI is InChI=1S/C21H18F3N3O/c1-15(17-8-10-18(11-9-17)21(22,23)24)26-20(28)12-7-16-13-25-27(14-16)19-5-3-2-4-6-19/h2-15H,1H3,(H,26,28)/b12-7-/t15-/m1/s1. The van der Waals surface area contributed by atoms with Gasteiger partial charge in [-0.25, -0.2) is 4.68 Å². The summed E-state index contributed by atoms with van der Waals surface area (Å²) in [6.45, 7) is 1.71. The van der Waals surface area contributed by atoms with Crippen LogP contribution in [0.3, 0.4) is 0 Å². The molecular formula is C21H18F3N3O. The number of hydrogen-bond acceptors (Lipinski definition) is 2. The number of nitrogens with one attached hydrogen (secondary N) is 1. The minimum Gasteiger partial charge on any atom is -0.346 e. The summed E-state index contributed by atoms with van der Waals surface area (Å²) < 4.78 is 39.5. The Labute approximate surface area is 160 Å². The second-order valence-electron chi connectivity index (χ2n) is 6.24. The molecule has 1 heterocycles. The van der Waals surface area contributed by atoms with Crippen LogP contribution in [0.25, 0.3) is 11.8 Å². The highest BCUT2D eigenvalue weighted by Gasteiger charge is 2.30. The Balaban J connectivity index is 1.60. The van der Waals surface area contributed by atoms with Crippen molar-refractivity contribution in [2.24, 2.45) is 0 Å². The van der Waals surface area contributed by atoms with Crippen molar-refractivity contribution >= 4 is 12.0 Å². The van der Waals surface area contributed by atoms with E-state index in [1.165, 1.54) is 18.2 Å². The van der Waals surface area contributed by atoms with Crippen molar-refractivity contribution in [2.45, 2.75) is 19.1 Å². The van der Waals surface area contributed by atoms with E-state index in [1.54, 1.807) is 30.1 Å². The molecule has 0 aliphatic heterocycles.